The van der Waals surface area contributed by atoms with Crippen LogP contribution in [0.1, 0.15) is 19.1 Å². The van der Waals surface area contributed by atoms with Gasteiger partial charge in [-0.25, -0.2) is 0 Å². The van der Waals surface area contributed by atoms with Gasteiger partial charge in [-0.2, -0.15) is 0 Å². The van der Waals surface area contributed by atoms with Crippen LogP contribution in [-0.2, 0) is 16.0 Å². The first kappa shape index (κ1) is 12.7. The smallest absolute Gasteiger partial charge is 0.225 e. The SMILES string of the molecule is CCN1C[C@H](C(=O)NCCc2ccco2)CC1=O. The molecule has 0 bridgehead atoms. The molecular weight excluding hydrogens is 232 g/mol. The van der Waals surface area contributed by atoms with E-state index in [2.05, 4.69) is 5.32 Å². The standard InChI is InChI=1S/C13H18N2O3/c1-2-15-9-10(8-12(15)16)13(17)14-6-5-11-4-3-7-18-11/h3-4,7,10H,2,5-6,8-9H2,1H3,(H,14,17)/t10-/m1/s1. The molecule has 1 atom stereocenters. The van der Waals surface area contributed by atoms with Gasteiger partial charge < -0.3 is 14.6 Å². The summed E-state index contributed by atoms with van der Waals surface area (Å²) >= 11 is 0. The van der Waals surface area contributed by atoms with Crippen molar-refractivity contribution in [3.63, 3.8) is 0 Å². The summed E-state index contributed by atoms with van der Waals surface area (Å²) < 4.78 is 5.18. The van der Waals surface area contributed by atoms with Gasteiger partial charge in [-0.3, -0.25) is 9.59 Å². The topological polar surface area (TPSA) is 62.6 Å². The van der Waals surface area contributed by atoms with Crippen LogP contribution in [0.4, 0.5) is 0 Å². The van der Waals surface area contributed by atoms with E-state index in [0.29, 0.717) is 32.5 Å². The molecule has 1 aliphatic heterocycles. The lowest BCUT2D eigenvalue weighted by atomic mass is 10.1. The summed E-state index contributed by atoms with van der Waals surface area (Å²) in [4.78, 5) is 25.1. The number of hydrogen-bond acceptors (Lipinski definition) is 3. The van der Waals surface area contributed by atoms with Crippen molar-refractivity contribution in [1.82, 2.24) is 10.2 Å². The van der Waals surface area contributed by atoms with Crippen molar-refractivity contribution in [1.29, 1.82) is 0 Å². The predicted octanol–water partition coefficient (Wildman–Crippen LogP) is 0.807. The van der Waals surface area contributed by atoms with Gasteiger partial charge >= 0.3 is 0 Å². The zero-order valence-corrected chi connectivity index (χ0v) is 10.5. The van der Waals surface area contributed by atoms with E-state index < -0.39 is 0 Å². The maximum atomic E-state index is 11.9. The summed E-state index contributed by atoms with van der Waals surface area (Å²) in [7, 11) is 0. The van der Waals surface area contributed by atoms with Crippen molar-refractivity contribution in [2.24, 2.45) is 5.92 Å². The average molecular weight is 250 g/mol. The number of amides is 2. The third-order valence-corrected chi connectivity index (χ3v) is 3.22. The number of nitrogens with zero attached hydrogens (tertiary/aromatic N) is 1. The molecule has 1 aromatic heterocycles. The maximum absolute atomic E-state index is 11.9. The Hall–Kier alpha value is -1.78. The molecule has 0 unspecified atom stereocenters. The van der Waals surface area contributed by atoms with Gasteiger partial charge in [-0.1, -0.05) is 0 Å². The summed E-state index contributed by atoms with van der Waals surface area (Å²) in [5.74, 6) is 0.691. The fourth-order valence-corrected chi connectivity index (χ4v) is 2.16. The second-order valence-electron chi connectivity index (χ2n) is 4.45. The number of carbonyl (C=O) groups is 2. The molecule has 18 heavy (non-hydrogen) atoms. The highest BCUT2D eigenvalue weighted by Gasteiger charge is 2.32. The van der Waals surface area contributed by atoms with E-state index in [0.717, 1.165) is 5.76 Å². The Labute approximate surface area is 106 Å². The molecule has 1 fully saturated rings. The molecule has 98 valence electrons. The Morgan fingerprint density at radius 1 is 1.61 bits per heavy atom. The quantitative estimate of drug-likeness (QED) is 0.841. The van der Waals surface area contributed by atoms with Gasteiger partial charge in [0.25, 0.3) is 0 Å². The molecule has 5 heteroatoms. The van der Waals surface area contributed by atoms with Crippen molar-refractivity contribution in [2.75, 3.05) is 19.6 Å². The summed E-state index contributed by atoms with van der Waals surface area (Å²) in [5, 5.41) is 2.85. The largest absolute Gasteiger partial charge is 0.469 e. The fourth-order valence-electron chi connectivity index (χ4n) is 2.16. The molecule has 2 rings (SSSR count). The second-order valence-corrected chi connectivity index (χ2v) is 4.45. The minimum Gasteiger partial charge on any atom is -0.469 e. The normalized spacial score (nSPS) is 19.3. The first-order valence-electron chi connectivity index (χ1n) is 6.28. The van der Waals surface area contributed by atoms with Gasteiger partial charge in [0, 0.05) is 32.5 Å². The molecule has 1 aliphatic rings. The van der Waals surface area contributed by atoms with Gasteiger partial charge in [0.2, 0.25) is 11.8 Å². The molecule has 1 N–H and O–H groups in total. The second kappa shape index (κ2) is 5.71. The lowest BCUT2D eigenvalue weighted by molar-refractivity contribution is -0.128. The minimum absolute atomic E-state index is 0.0362. The van der Waals surface area contributed by atoms with Crippen LogP contribution in [0.2, 0.25) is 0 Å². The average Bonchev–Trinajstić information content (AvgIpc) is 2.98. The van der Waals surface area contributed by atoms with Gasteiger partial charge in [0.1, 0.15) is 5.76 Å². The van der Waals surface area contributed by atoms with Crippen LogP contribution >= 0.6 is 0 Å². The van der Waals surface area contributed by atoms with Gasteiger partial charge in [0.05, 0.1) is 12.2 Å². The van der Waals surface area contributed by atoms with Crippen molar-refractivity contribution in [3.8, 4) is 0 Å². The molecule has 1 saturated heterocycles. The van der Waals surface area contributed by atoms with Crippen LogP contribution in [0.25, 0.3) is 0 Å². The van der Waals surface area contributed by atoms with Crippen LogP contribution in [0.5, 0.6) is 0 Å². The number of likely N-dealkylation sites (tertiary alicyclic amines) is 1. The van der Waals surface area contributed by atoms with Gasteiger partial charge in [-0.15, -0.1) is 0 Å². The fraction of sp³-hybridized carbons (Fsp3) is 0.538. The van der Waals surface area contributed by atoms with Crippen molar-refractivity contribution < 1.29 is 14.0 Å². The molecule has 5 nitrogen and oxygen atoms in total. The van der Waals surface area contributed by atoms with Crippen LogP contribution in [-0.4, -0.2) is 36.3 Å². The Bertz CT molecular complexity index is 414. The van der Waals surface area contributed by atoms with Crippen LogP contribution in [0.3, 0.4) is 0 Å². The Balaban J connectivity index is 1.74. The molecule has 0 spiro atoms. The summed E-state index contributed by atoms with van der Waals surface area (Å²) in [5.41, 5.74) is 0. The van der Waals surface area contributed by atoms with E-state index in [1.807, 2.05) is 19.1 Å². The van der Waals surface area contributed by atoms with E-state index in [9.17, 15) is 9.59 Å². The third-order valence-electron chi connectivity index (χ3n) is 3.22. The van der Waals surface area contributed by atoms with Gasteiger partial charge in [-0.05, 0) is 19.1 Å². The highest BCUT2D eigenvalue weighted by Crippen LogP contribution is 2.17. The molecule has 1 aromatic rings. The number of rotatable bonds is 5. The summed E-state index contributed by atoms with van der Waals surface area (Å²) in [6.45, 7) is 3.69. The predicted molar refractivity (Wildman–Crippen MR) is 65.8 cm³/mol. The molecule has 0 aliphatic carbocycles. The maximum Gasteiger partial charge on any atom is 0.225 e. The number of hydrogen-bond donors (Lipinski definition) is 1. The van der Waals surface area contributed by atoms with Crippen LogP contribution < -0.4 is 5.32 Å². The minimum atomic E-state index is -0.200. The molecule has 0 radical (unpaired) electrons. The zero-order chi connectivity index (χ0) is 13.0. The monoisotopic (exact) mass is 250 g/mol. The Morgan fingerprint density at radius 3 is 3.06 bits per heavy atom. The van der Waals surface area contributed by atoms with Crippen LogP contribution in [0, 0.1) is 5.92 Å². The highest BCUT2D eigenvalue weighted by molar-refractivity contribution is 5.89. The third kappa shape index (κ3) is 2.91. The molecule has 2 heterocycles. The van der Waals surface area contributed by atoms with E-state index >= 15 is 0 Å². The van der Waals surface area contributed by atoms with E-state index in [1.54, 1.807) is 11.2 Å². The van der Waals surface area contributed by atoms with E-state index in [4.69, 9.17) is 4.42 Å². The Kier molecular flexibility index (Phi) is 4.02. The Morgan fingerprint density at radius 2 is 2.44 bits per heavy atom. The first-order valence-corrected chi connectivity index (χ1v) is 6.28. The number of furan rings is 1. The van der Waals surface area contributed by atoms with Crippen LogP contribution in [0.15, 0.2) is 22.8 Å². The number of nitrogens with one attached hydrogen (secondary N) is 1. The molecular formula is C13H18N2O3. The summed E-state index contributed by atoms with van der Waals surface area (Å²) in [6.07, 6.45) is 2.63. The van der Waals surface area contributed by atoms with E-state index in [1.165, 1.54) is 0 Å². The van der Waals surface area contributed by atoms with Gasteiger partial charge in [0.15, 0.2) is 0 Å². The molecule has 2 amide bonds. The lowest BCUT2D eigenvalue weighted by Gasteiger charge is -2.13. The summed E-state index contributed by atoms with van der Waals surface area (Å²) in [6, 6.07) is 3.70. The highest BCUT2D eigenvalue weighted by atomic mass is 16.3. The number of carbonyl (C=O) groups excluding carboxylic acids is 2. The lowest BCUT2D eigenvalue weighted by Crippen LogP contribution is -2.34. The first-order chi connectivity index (χ1) is 8.70. The van der Waals surface area contributed by atoms with Crippen molar-refractivity contribution >= 4 is 11.8 Å². The molecule has 0 aromatic carbocycles. The van der Waals surface area contributed by atoms with Crippen molar-refractivity contribution in [2.45, 2.75) is 19.8 Å². The molecule has 0 saturated carbocycles. The van der Waals surface area contributed by atoms with Crippen molar-refractivity contribution in [3.05, 3.63) is 24.2 Å². The zero-order valence-electron chi connectivity index (χ0n) is 10.5. The van der Waals surface area contributed by atoms with E-state index in [-0.39, 0.29) is 17.7 Å².